The van der Waals surface area contributed by atoms with Crippen molar-refractivity contribution in [1.82, 2.24) is 10.5 Å². The van der Waals surface area contributed by atoms with Crippen molar-refractivity contribution in [3.8, 4) is 22.3 Å². The Morgan fingerprint density at radius 3 is 1.29 bits per heavy atom. The van der Waals surface area contributed by atoms with E-state index in [1.54, 1.807) is 0 Å². The van der Waals surface area contributed by atoms with E-state index < -0.39 is 20.8 Å². The molecule has 0 aliphatic heterocycles. The van der Waals surface area contributed by atoms with E-state index >= 15 is 0 Å². The molecule has 6 rings (SSSR count). The zero-order valence-corrected chi connectivity index (χ0v) is 38.3. The average Bonchev–Trinajstić information content (AvgIpc) is 3.81. The van der Waals surface area contributed by atoms with Crippen LogP contribution in [0.25, 0.3) is 43.8 Å². The van der Waals surface area contributed by atoms with Crippen molar-refractivity contribution in [2.45, 2.75) is 92.9 Å². The predicted molar refractivity (Wildman–Crippen MR) is 240 cm³/mol. The molecule has 2 atom stereocenters. The summed E-state index contributed by atoms with van der Waals surface area (Å²) in [4.78, 5) is 18.8. The number of hydrogen-bond acceptors (Lipinski definition) is 2. The van der Waals surface area contributed by atoms with Crippen LogP contribution in [0, 0.1) is 11.8 Å². The second-order valence-corrected chi connectivity index (χ2v) is 18.8. The summed E-state index contributed by atoms with van der Waals surface area (Å²) in [6.07, 6.45) is 5.56. The first-order valence-electron chi connectivity index (χ1n) is 19.8. The Labute approximate surface area is 355 Å². The fourth-order valence-electron chi connectivity index (χ4n) is 7.14. The number of carbonyl (C=O) groups excluding carboxylic acids is 2. The summed E-state index contributed by atoms with van der Waals surface area (Å²) in [6.45, 7) is 18.3. The number of carbonyl (C=O) groups is 2. The van der Waals surface area contributed by atoms with Gasteiger partial charge in [-0.25, -0.2) is 0 Å². The van der Waals surface area contributed by atoms with E-state index in [4.69, 9.17) is 17.0 Å². The van der Waals surface area contributed by atoms with Crippen LogP contribution in [0.4, 0.5) is 0 Å². The molecule has 8 heteroatoms. The number of benzene rings is 4. The molecule has 0 aliphatic carbocycles. The summed E-state index contributed by atoms with van der Waals surface area (Å²) < 4.78 is 0. The summed E-state index contributed by atoms with van der Waals surface area (Å²) in [5.74, 6) is 2.57. The van der Waals surface area contributed by atoms with Crippen LogP contribution >= 0.6 is 17.0 Å². The molecule has 0 heterocycles. The molecule has 56 heavy (non-hydrogen) atoms. The van der Waals surface area contributed by atoms with Crippen LogP contribution < -0.4 is 10.5 Å². The average molecular weight is 868 g/mol. The second-order valence-electron chi connectivity index (χ2n) is 15.1. The Morgan fingerprint density at radius 2 is 0.946 bits per heavy atom. The molecule has 0 saturated carbocycles. The molecule has 2 N–H and O–H groups in total. The molecule has 2 unspecified atom stereocenters. The van der Waals surface area contributed by atoms with Crippen molar-refractivity contribution in [1.29, 1.82) is 0 Å². The van der Waals surface area contributed by atoms with Crippen LogP contribution in [0.3, 0.4) is 0 Å². The molecule has 1 radical (unpaired) electrons. The minimum atomic E-state index is -0.826. The molecular formula is C48H58BCl2N2O2Zr. The van der Waals surface area contributed by atoms with Crippen molar-refractivity contribution in [3.05, 3.63) is 131 Å². The number of halogens is 2. The van der Waals surface area contributed by atoms with Gasteiger partial charge in [0, 0.05) is 0 Å². The Hall–Kier alpha value is -3.43. The van der Waals surface area contributed by atoms with E-state index in [-0.39, 0.29) is 0 Å². The number of amides is 2. The fourth-order valence-corrected chi connectivity index (χ4v) is 7.14. The zero-order valence-electron chi connectivity index (χ0n) is 34.3. The molecule has 0 bridgehead atoms. The van der Waals surface area contributed by atoms with Crippen LogP contribution in [0.2, 0.25) is 0 Å². The van der Waals surface area contributed by atoms with Gasteiger partial charge in [-0.15, -0.1) is 69.1 Å². The Balaban J connectivity index is 0.000000243. The van der Waals surface area contributed by atoms with Crippen LogP contribution in [-0.2, 0) is 43.3 Å². The van der Waals surface area contributed by atoms with Crippen LogP contribution in [0.1, 0.15) is 102 Å². The van der Waals surface area contributed by atoms with Gasteiger partial charge in [0.05, 0.1) is 0 Å². The van der Waals surface area contributed by atoms with Crippen molar-refractivity contribution in [2.75, 3.05) is 0 Å². The molecule has 0 fully saturated rings. The topological polar surface area (TPSA) is 58.2 Å². The SMILES string of the molecule is CCC(C)c1ccccc1-c1cccc2[cH-]c(CC(C)C)cc12.CCC(C)c1ccccc1-c1cccc2[cH-]c(CC(C)C)cc12.O=CN[B]NC=O.[Cl][Zr+2][Cl]. The van der Waals surface area contributed by atoms with Gasteiger partial charge in [-0.05, 0) is 71.6 Å². The summed E-state index contributed by atoms with van der Waals surface area (Å²) in [6, 6.07) is 40.8. The number of nitrogens with one attached hydrogen (secondary N) is 2. The van der Waals surface area contributed by atoms with Crippen molar-refractivity contribution < 1.29 is 30.4 Å². The molecule has 0 spiro atoms. The second kappa shape index (κ2) is 25.0. The van der Waals surface area contributed by atoms with E-state index in [1.807, 2.05) is 0 Å². The molecular weight excluding hydrogens is 809 g/mol. The van der Waals surface area contributed by atoms with Gasteiger partial charge in [0.1, 0.15) is 0 Å². The summed E-state index contributed by atoms with van der Waals surface area (Å²) in [5, 5.41) is 9.75. The third-order valence-electron chi connectivity index (χ3n) is 10.0. The van der Waals surface area contributed by atoms with Crippen molar-refractivity contribution >= 4 is 58.9 Å². The van der Waals surface area contributed by atoms with Gasteiger partial charge in [0.25, 0.3) is 0 Å². The maximum atomic E-state index is 9.38. The van der Waals surface area contributed by atoms with E-state index in [0.717, 1.165) is 20.4 Å². The molecule has 293 valence electrons. The monoisotopic (exact) mass is 865 g/mol. The number of fused-ring (bicyclic) bond motifs is 2. The summed E-state index contributed by atoms with van der Waals surface area (Å²) in [5.41, 5.74) is 11.4. The van der Waals surface area contributed by atoms with Crippen molar-refractivity contribution in [2.24, 2.45) is 11.8 Å². The first kappa shape index (κ1) is 46.9. The van der Waals surface area contributed by atoms with Crippen LogP contribution in [-0.4, -0.2) is 20.4 Å². The first-order valence-corrected chi connectivity index (χ1v) is 26.1. The van der Waals surface area contributed by atoms with Gasteiger partial charge in [0.15, 0.2) is 12.8 Å². The zero-order chi connectivity index (χ0) is 41.0. The number of rotatable bonds is 14. The molecule has 2 amide bonds. The quantitative estimate of drug-likeness (QED) is 0.0496. The molecule has 0 saturated heterocycles. The Morgan fingerprint density at radius 1 is 0.589 bits per heavy atom. The Kier molecular flexibility index (Phi) is 21.0. The van der Waals surface area contributed by atoms with Crippen LogP contribution in [0.5, 0.6) is 0 Å². The van der Waals surface area contributed by atoms with Crippen molar-refractivity contribution in [3.63, 3.8) is 0 Å². The molecule has 6 aromatic rings. The molecule has 6 aromatic carbocycles. The summed E-state index contributed by atoms with van der Waals surface area (Å²) >= 11 is -0.826. The third kappa shape index (κ3) is 13.9. The van der Waals surface area contributed by atoms with E-state index in [2.05, 4.69) is 175 Å². The molecule has 0 aliphatic rings. The van der Waals surface area contributed by atoms with E-state index in [0.29, 0.717) is 36.5 Å². The van der Waals surface area contributed by atoms with Crippen LogP contribution in [0.15, 0.2) is 109 Å². The van der Waals surface area contributed by atoms with Gasteiger partial charge in [-0.1, -0.05) is 127 Å². The number of hydrogen-bond donors (Lipinski definition) is 2. The molecule has 0 aromatic heterocycles. The fraction of sp³-hybridized carbons (Fsp3) is 0.333. The molecule has 4 nitrogen and oxygen atoms in total. The van der Waals surface area contributed by atoms with Gasteiger partial charge >= 0.3 is 45.4 Å². The normalized spacial score (nSPS) is 11.6. The van der Waals surface area contributed by atoms with E-state index in [1.165, 1.54) is 78.9 Å². The minimum absolute atomic E-state index is 0.455. The van der Waals surface area contributed by atoms with Gasteiger partial charge < -0.3 is 10.5 Å². The third-order valence-corrected chi connectivity index (χ3v) is 10.0. The van der Waals surface area contributed by atoms with Gasteiger partial charge in [0.2, 0.25) is 0 Å². The first-order chi connectivity index (χ1) is 27.0. The predicted octanol–water partition coefficient (Wildman–Crippen LogP) is 13.3. The van der Waals surface area contributed by atoms with E-state index in [9.17, 15) is 9.59 Å². The van der Waals surface area contributed by atoms with Gasteiger partial charge in [-0.2, -0.15) is 12.1 Å². The maximum absolute atomic E-state index is 9.38. The standard InChI is InChI=1S/2C23H27.C2H4BN2O2.2ClH.Zr/c2*1-5-17(4)20-10-6-7-11-21(20)22-12-8-9-19-14-18(13-16(2)3)15-23(19)22;6-1-4-3-5-2-7;;;/h2*6-12,14-17H,5,13H2,1-4H3;1-2H,(H,4,6)(H,5,7);2*1H;/q2*-1;;;;+4/p-2. The Bertz CT molecular complexity index is 1930. The summed E-state index contributed by atoms with van der Waals surface area (Å²) in [7, 11) is 11.0. The van der Waals surface area contributed by atoms with Gasteiger partial charge in [-0.3, -0.25) is 9.59 Å².